The lowest BCUT2D eigenvalue weighted by atomic mass is 9.85. The van der Waals surface area contributed by atoms with E-state index < -0.39 is 5.60 Å². The predicted molar refractivity (Wildman–Crippen MR) is 91.8 cm³/mol. The zero-order chi connectivity index (χ0) is 16.8. The van der Waals surface area contributed by atoms with Gasteiger partial charge in [-0.2, -0.15) is 5.10 Å². The second-order valence-corrected chi connectivity index (χ2v) is 6.44. The van der Waals surface area contributed by atoms with E-state index in [2.05, 4.69) is 15.7 Å². The van der Waals surface area contributed by atoms with E-state index in [-0.39, 0.29) is 6.03 Å². The highest BCUT2D eigenvalue weighted by molar-refractivity contribution is 5.73. The SMILES string of the molecule is O=C(NCc1ccc(-n2cccn2)cc1)NCC1(O)CCCCC1. The maximum atomic E-state index is 11.9. The quantitative estimate of drug-likeness (QED) is 0.788. The summed E-state index contributed by atoms with van der Waals surface area (Å²) in [5.74, 6) is 0. The first-order chi connectivity index (χ1) is 11.6. The molecule has 0 spiro atoms. The molecule has 0 unspecified atom stereocenters. The normalized spacial score (nSPS) is 16.5. The first kappa shape index (κ1) is 16.5. The van der Waals surface area contributed by atoms with E-state index in [0.29, 0.717) is 13.1 Å². The van der Waals surface area contributed by atoms with Crippen molar-refractivity contribution >= 4 is 6.03 Å². The van der Waals surface area contributed by atoms with E-state index >= 15 is 0 Å². The Morgan fingerprint density at radius 3 is 2.58 bits per heavy atom. The van der Waals surface area contributed by atoms with Crippen LogP contribution >= 0.6 is 0 Å². The zero-order valence-electron chi connectivity index (χ0n) is 13.7. The molecule has 0 radical (unpaired) electrons. The molecule has 0 aliphatic heterocycles. The van der Waals surface area contributed by atoms with Gasteiger partial charge in [0, 0.05) is 25.5 Å². The minimum Gasteiger partial charge on any atom is -0.388 e. The molecular formula is C18H24N4O2. The molecule has 1 aromatic carbocycles. The van der Waals surface area contributed by atoms with Crippen LogP contribution in [0.2, 0.25) is 0 Å². The van der Waals surface area contributed by atoms with Crippen LogP contribution in [-0.4, -0.2) is 33.1 Å². The lowest BCUT2D eigenvalue weighted by molar-refractivity contribution is 0.00719. The van der Waals surface area contributed by atoms with E-state index in [9.17, 15) is 9.90 Å². The van der Waals surface area contributed by atoms with Crippen molar-refractivity contribution in [2.75, 3.05) is 6.54 Å². The molecule has 2 aromatic rings. The molecule has 0 bridgehead atoms. The summed E-state index contributed by atoms with van der Waals surface area (Å²) in [4.78, 5) is 11.9. The number of nitrogens with zero attached hydrogens (tertiary/aromatic N) is 2. The van der Waals surface area contributed by atoms with Crippen molar-refractivity contribution in [3.05, 3.63) is 48.3 Å². The number of urea groups is 1. The van der Waals surface area contributed by atoms with Gasteiger partial charge in [0.15, 0.2) is 0 Å². The van der Waals surface area contributed by atoms with Gasteiger partial charge < -0.3 is 15.7 Å². The number of aliphatic hydroxyl groups is 1. The Morgan fingerprint density at radius 1 is 1.17 bits per heavy atom. The molecule has 128 valence electrons. The Kier molecular flexibility index (Phi) is 5.15. The topological polar surface area (TPSA) is 79.2 Å². The Hall–Kier alpha value is -2.34. The zero-order valence-corrected chi connectivity index (χ0v) is 13.7. The molecule has 6 nitrogen and oxygen atoms in total. The monoisotopic (exact) mass is 328 g/mol. The number of benzene rings is 1. The molecule has 1 aromatic heterocycles. The summed E-state index contributed by atoms with van der Waals surface area (Å²) in [5, 5.41) is 20.2. The van der Waals surface area contributed by atoms with Gasteiger partial charge in [-0.25, -0.2) is 9.48 Å². The number of carbonyl (C=O) groups excluding carboxylic acids is 1. The molecular weight excluding hydrogens is 304 g/mol. The summed E-state index contributed by atoms with van der Waals surface area (Å²) >= 11 is 0. The minimum atomic E-state index is -0.735. The summed E-state index contributed by atoms with van der Waals surface area (Å²) in [6, 6.07) is 9.49. The highest BCUT2D eigenvalue weighted by atomic mass is 16.3. The van der Waals surface area contributed by atoms with Crippen molar-refractivity contribution in [3.8, 4) is 5.69 Å². The number of amides is 2. The fourth-order valence-corrected chi connectivity index (χ4v) is 3.06. The second kappa shape index (κ2) is 7.49. The summed E-state index contributed by atoms with van der Waals surface area (Å²) in [5.41, 5.74) is 1.26. The van der Waals surface area contributed by atoms with E-state index in [0.717, 1.165) is 36.9 Å². The highest BCUT2D eigenvalue weighted by Gasteiger charge is 2.29. The maximum absolute atomic E-state index is 11.9. The van der Waals surface area contributed by atoms with E-state index in [1.807, 2.05) is 36.5 Å². The van der Waals surface area contributed by atoms with E-state index in [1.54, 1.807) is 10.9 Å². The second-order valence-electron chi connectivity index (χ2n) is 6.44. The van der Waals surface area contributed by atoms with E-state index in [1.165, 1.54) is 6.42 Å². The minimum absolute atomic E-state index is 0.245. The van der Waals surface area contributed by atoms with Gasteiger partial charge in [-0.3, -0.25) is 0 Å². The van der Waals surface area contributed by atoms with Gasteiger partial charge in [0.2, 0.25) is 0 Å². The van der Waals surface area contributed by atoms with Crippen LogP contribution in [0.5, 0.6) is 0 Å². The first-order valence-electron chi connectivity index (χ1n) is 8.48. The van der Waals surface area contributed by atoms with Crippen LogP contribution < -0.4 is 10.6 Å². The van der Waals surface area contributed by atoms with Crippen LogP contribution in [0.3, 0.4) is 0 Å². The Labute approximate surface area is 141 Å². The van der Waals surface area contributed by atoms with Gasteiger partial charge in [-0.1, -0.05) is 31.4 Å². The van der Waals surface area contributed by atoms with Crippen molar-refractivity contribution in [1.29, 1.82) is 0 Å². The van der Waals surface area contributed by atoms with Crippen LogP contribution in [-0.2, 0) is 6.54 Å². The van der Waals surface area contributed by atoms with E-state index in [4.69, 9.17) is 0 Å². The fourth-order valence-electron chi connectivity index (χ4n) is 3.06. The van der Waals surface area contributed by atoms with Crippen molar-refractivity contribution in [1.82, 2.24) is 20.4 Å². The fraction of sp³-hybridized carbons (Fsp3) is 0.444. The van der Waals surface area contributed by atoms with Gasteiger partial charge in [-0.05, 0) is 36.6 Å². The highest BCUT2D eigenvalue weighted by Crippen LogP contribution is 2.27. The van der Waals surface area contributed by atoms with Crippen molar-refractivity contribution < 1.29 is 9.90 Å². The van der Waals surface area contributed by atoms with Crippen molar-refractivity contribution in [2.24, 2.45) is 0 Å². The molecule has 1 aliphatic carbocycles. The van der Waals surface area contributed by atoms with Gasteiger partial charge in [0.1, 0.15) is 0 Å². The molecule has 0 atom stereocenters. The van der Waals surface area contributed by atoms with Gasteiger partial charge in [0.05, 0.1) is 11.3 Å². The molecule has 1 aliphatic rings. The average molecular weight is 328 g/mol. The van der Waals surface area contributed by atoms with Crippen LogP contribution in [0.25, 0.3) is 5.69 Å². The molecule has 1 fully saturated rings. The average Bonchev–Trinajstić information content (AvgIpc) is 3.14. The molecule has 6 heteroatoms. The van der Waals surface area contributed by atoms with Crippen LogP contribution in [0, 0.1) is 0 Å². The maximum Gasteiger partial charge on any atom is 0.315 e. The summed E-state index contributed by atoms with van der Waals surface area (Å²) in [6.07, 6.45) is 8.38. The number of nitrogens with one attached hydrogen (secondary N) is 2. The lowest BCUT2D eigenvalue weighted by Crippen LogP contribution is -2.47. The molecule has 1 heterocycles. The Bertz CT molecular complexity index is 646. The largest absolute Gasteiger partial charge is 0.388 e. The first-order valence-corrected chi connectivity index (χ1v) is 8.48. The third kappa shape index (κ3) is 4.35. The van der Waals surface area contributed by atoms with Crippen molar-refractivity contribution in [2.45, 2.75) is 44.2 Å². The summed E-state index contributed by atoms with van der Waals surface area (Å²) < 4.78 is 1.79. The molecule has 3 rings (SSSR count). The van der Waals surface area contributed by atoms with Crippen LogP contribution in [0.1, 0.15) is 37.7 Å². The van der Waals surface area contributed by atoms with Gasteiger partial charge >= 0.3 is 6.03 Å². The summed E-state index contributed by atoms with van der Waals surface area (Å²) in [7, 11) is 0. The molecule has 0 saturated heterocycles. The standard InChI is InChI=1S/C18H24N4O2/c23-17(20-14-18(24)9-2-1-3-10-18)19-13-15-5-7-16(8-6-15)22-12-4-11-21-22/h4-8,11-12,24H,1-3,9-10,13-14H2,(H2,19,20,23). The van der Waals surface area contributed by atoms with Gasteiger partial charge in [-0.15, -0.1) is 0 Å². The Morgan fingerprint density at radius 2 is 1.92 bits per heavy atom. The van der Waals surface area contributed by atoms with Crippen LogP contribution in [0.15, 0.2) is 42.7 Å². The number of hydrogen-bond acceptors (Lipinski definition) is 3. The number of carbonyl (C=O) groups is 1. The van der Waals surface area contributed by atoms with Crippen LogP contribution in [0.4, 0.5) is 4.79 Å². The Balaban J connectivity index is 1.44. The summed E-state index contributed by atoms with van der Waals surface area (Å²) in [6.45, 7) is 0.765. The number of rotatable bonds is 5. The molecule has 1 saturated carbocycles. The molecule has 24 heavy (non-hydrogen) atoms. The smallest absolute Gasteiger partial charge is 0.315 e. The number of hydrogen-bond donors (Lipinski definition) is 3. The lowest BCUT2D eigenvalue weighted by Gasteiger charge is -2.32. The third-order valence-corrected chi connectivity index (χ3v) is 4.52. The number of aromatic nitrogens is 2. The molecule has 2 amide bonds. The van der Waals surface area contributed by atoms with Gasteiger partial charge in [0.25, 0.3) is 0 Å². The third-order valence-electron chi connectivity index (χ3n) is 4.52. The predicted octanol–water partition coefficient (Wildman–Crippen LogP) is 2.37. The molecule has 3 N–H and O–H groups in total. The van der Waals surface area contributed by atoms with Crippen molar-refractivity contribution in [3.63, 3.8) is 0 Å².